The molecule has 1 aromatic carbocycles. The van der Waals surface area contributed by atoms with Gasteiger partial charge in [-0.15, -0.1) is 0 Å². The second-order valence-electron chi connectivity index (χ2n) is 7.35. The highest BCUT2D eigenvalue weighted by molar-refractivity contribution is 5.96. The summed E-state index contributed by atoms with van der Waals surface area (Å²) in [4.78, 5) is 38.7. The normalized spacial score (nSPS) is 24.4. The molecule has 6 nitrogen and oxygen atoms in total. The second kappa shape index (κ2) is 7.55. The predicted molar refractivity (Wildman–Crippen MR) is 98.6 cm³/mol. The third-order valence-corrected chi connectivity index (χ3v) is 5.61. The number of carbonyl (C=O) groups is 3. The van der Waals surface area contributed by atoms with Gasteiger partial charge in [-0.05, 0) is 44.6 Å². The van der Waals surface area contributed by atoms with E-state index in [0.29, 0.717) is 30.5 Å². The van der Waals surface area contributed by atoms with Crippen molar-refractivity contribution in [1.29, 1.82) is 0 Å². The topological polar surface area (TPSA) is 75.7 Å². The molecule has 2 amide bonds. The first-order valence-electron chi connectivity index (χ1n) is 9.72. The Morgan fingerprint density at radius 2 is 2.04 bits per heavy atom. The number of cyclic esters (lactones) is 1. The fraction of sp³-hybridized carbons (Fsp3) is 0.476. The zero-order valence-corrected chi connectivity index (χ0v) is 15.3. The first kappa shape index (κ1) is 17.8. The fourth-order valence-corrected chi connectivity index (χ4v) is 4.18. The zero-order chi connectivity index (χ0) is 18.8. The van der Waals surface area contributed by atoms with Crippen LogP contribution in [0.2, 0.25) is 0 Å². The molecule has 0 spiro atoms. The number of likely N-dealkylation sites (tertiary alicyclic amines) is 1. The average Bonchev–Trinajstić information content (AvgIpc) is 3.23. The molecule has 1 unspecified atom stereocenters. The van der Waals surface area contributed by atoms with E-state index >= 15 is 0 Å². The van der Waals surface area contributed by atoms with Gasteiger partial charge in [0.15, 0.2) is 0 Å². The Hall–Kier alpha value is -2.63. The highest BCUT2D eigenvalue weighted by Gasteiger charge is 2.46. The third-order valence-electron chi connectivity index (χ3n) is 5.61. The van der Waals surface area contributed by atoms with E-state index in [1.165, 1.54) is 23.3 Å². The van der Waals surface area contributed by atoms with Gasteiger partial charge in [0, 0.05) is 18.5 Å². The lowest BCUT2D eigenvalue weighted by Gasteiger charge is -2.29. The molecule has 0 aromatic heterocycles. The molecule has 0 saturated carbocycles. The van der Waals surface area contributed by atoms with E-state index in [0.717, 1.165) is 19.3 Å². The average molecular weight is 368 g/mol. The second-order valence-corrected chi connectivity index (χ2v) is 7.35. The molecule has 142 valence electrons. The van der Waals surface area contributed by atoms with E-state index in [9.17, 15) is 14.4 Å². The van der Waals surface area contributed by atoms with E-state index in [-0.39, 0.29) is 11.8 Å². The number of rotatable bonds is 5. The molecule has 2 aliphatic heterocycles. The summed E-state index contributed by atoms with van der Waals surface area (Å²) in [7, 11) is 0. The largest absolute Gasteiger partial charge is 0.433 e. The van der Waals surface area contributed by atoms with Crippen molar-refractivity contribution in [2.75, 3.05) is 6.54 Å². The molecule has 1 N–H and O–H groups in total. The van der Waals surface area contributed by atoms with Crippen molar-refractivity contribution >= 4 is 17.8 Å². The summed E-state index contributed by atoms with van der Waals surface area (Å²) < 4.78 is 5.44. The molecule has 6 heteroatoms. The van der Waals surface area contributed by atoms with Crippen LogP contribution in [0.1, 0.15) is 67.1 Å². The molecule has 1 aromatic rings. The van der Waals surface area contributed by atoms with Crippen LogP contribution in [0.15, 0.2) is 35.9 Å². The first-order valence-corrected chi connectivity index (χ1v) is 9.72. The minimum absolute atomic E-state index is 0.153. The summed E-state index contributed by atoms with van der Waals surface area (Å²) in [5.74, 6) is -0.768. The first-order chi connectivity index (χ1) is 13.1. The van der Waals surface area contributed by atoms with Crippen molar-refractivity contribution in [1.82, 2.24) is 10.2 Å². The molecule has 4 rings (SSSR count). The summed E-state index contributed by atoms with van der Waals surface area (Å²) >= 11 is 0. The number of amides is 2. The Kier molecular flexibility index (Phi) is 4.97. The van der Waals surface area contributed by atoms with E-state index in [1.807, 2.05) is 0 Å². The maximum absolute atomic E-state index is 12.7. The van der Waals surface area contributed by atoms with Gasteiger partial charge in [-0.3, -0.25) is 14.5 Å². The van der Waals surface area contributed by atoms with E-state index < -0.39 is 18.2 Å². The summed E-state index contributed by atoms with van der Waals surface area (Å²) in [6.45, 7) is 0.574. The maximum atomic E-state index is 12.7. The van der Waals surface area contributed by atoms with Gasteiger partial charge in [-0.1, -0.05) is 29.8 Å². The Balaban J connectivity index is 1.43. The summed E-state index contributed by atoms with van der Waals surface area (Å²) in [6, 6.07) is 6.44. The number of esters is 1. The molecule has 1 fully saturated rings. The Morgan fingerprint density at radius 1 is 1.19 bits per heavy atom. The van der Waals surface area contributed by atoms with Crippen molar-refractivity contribution in [3.63, 3.8) is 0 Å². The lowest BCUT2D eigenvalue weighted by molar-refractivity contribution is -0.145. The third kappa shape index (κ3) is 3.48. The summed E-state index contributed by atoms with van der Waals surface area (Å²) in [5.41, 5.74) is 2.52. The molecule has 1 saturated heterocycles. The van der Waals surface area contributed by atoms with E-state index in [4.69, 9.17) is 4.74 Å². The molecular formula is C21H24N2O4. The zero-order valence-electron chi connectivity index (χ0n) is 15.3. The van der Waals surface area contributed by atoms with Gasteiger partial charge in [0.2, 0.25) is 18.0 Å². The van der Waals surface area contributed by atoms with Gasteiger partial charge in [0.25, 0.3) is 0 Å². The van der Waals surface area contributed by atoms with Crippen molar-refractivity contribution < 1.29 is 19.1 Å². The fourth-order valence-electron chi connectivity index (χ4n) is 4.18. The standard InChI is InChI=1S/C21H24N2O4/c24-18-11-10-17(19(25)22-13-12-14-6-2-1-3-7-14)23(18)20-15-8-4-5-9-16(15)21(26)27-20/h4-6,8-9,17,20H,1-3,7,10-13H2,(H,22,25)/t17-,20?/m0/s1. The maximum Gasteiger partial charge on any atom is 0.340 e. The van der Waals surface area contributed by atoms with Crippen LogP contribution in [0.3, 0.4) is 0 Å². The number of fused-ring (bicyclic) bond motifs is 1. The van der Waals surface area contributed by atoms with Crippen molar-refractivity contribution in [2.24, 2.45) is 0 Å². The van der Waals surface area contributed by atoms with Crippen molar-refractivity contribution in [3.8, 4) is 0 Å². The van der Waals surface area contributed by atoms with Gasteiger partial charge < -0.3 is 10.1 Å². The minimum atomic E-state index is -0.805. The van der Waals surface area contributed by atoms with Crippen LogP contribution < -0.4 is 5.32 Å². The molecule has 0 radical (unpaired) electrons. The van der Waals surface area contributed by atoms with Gasteiger partial charge in [-0.2, -0.15) is 0 Å². The van der Waals surface area contributed by atoms with Gasteiger partial charge in [0.05, 0.1) is 5.56 Å². The number of carbonyl (C=O) groups excluding carboxylic acids is 3. The highest BCUT2D eigenvalue weighted by Crippen LogP contribution is 2.38. The van der Waals surface area contributed by atoms with Gasteiger partial charge >= 0.3 is 5.97 Å². The number of allylic oxidation sites excluding steroid dienone is 1. The smallest absolute Gasteiger partial charge is 0.340 e. The van der Waals surface area contributed by atoms with Crippen LogP contribution in [0.25, 0.3) is 0 Å². The van der Waals surface area contributed by atoms with Crippen molar-refractivity contribution in [2.45, 2.75) is 57.2 Å². The predicted octanol–water partition coefficient (Wildman–Crippen LogP) is 2.85. The van der Waals surface area contributed by atoms with Crippen LogP contribution in [0.4, 0.5) is 0 Å². The molecule has 0 bridgehead atoms. The Labute approximate surface area is 158 Å². The molecule has 1 aliphatic carbocycles. The van der Waals surface area contributed by atoms with Crippen LogP contribution >= 0.6 is 0 Å². The SMILES string of the molecule is O=C1OC(N2C(=O)CC[C@H]2C(=O)NCCC2=CCCCC2)c2ccccc21. The van der Waals surface area contributed by atoms with Crippen LogP contribution in [0.5, 0.6) is 0 Å². The number of hydrogen-bond acceptors (Lipinski definition) is 4. The molecule has 27 heavy (non-hydrogen) atoms. The molecule has 2 heterocycles. The van der Waals surface area contributed by atoms with Crippen molar-refractivity contribution in [3.05, 3.63) is 47.0 Å². The van der Waals surface area contributed by atoms with Crippen LogP contribution in [-0.4, -0.2) is 35.3 Å². The molecular weight excluding hydrogens is 344 g/mol. The Morgan fingerprint density at radius 3 is 2.85 bits per heavy atom. The number of ether oxygens (including phenoxy) is 1. The lowest BCUT2D eigenvalue weighted by atomic mass is 9.97. The summed E-state index contributed by atoms with van der Waals surface area (Å²) in [5, 5.41) is 2.97. The summed E-state index contributed by atoms with van der Waals surface area (Å²) in [6.07, 6.45) is 7.76. The highest BCUT2D eigenvalue weighted by atomic mass is 16.6. The monoisotopic (exact) mass is 368 g/mol. The molecule has 2 atom stereocenters. The number of benzene rings is 1. The van der Waals surface area contributed by atoms with E-state index in [1.54, 1.807) is 24.3 Å². The number of hydrogen-bond donors (Lipinski definition) is 1. The Bertz CT molecular complexity index is 801. The van der Waals surface area contributed by atoms with Gasteiger partial charge in [0.1, 0.15) is 6.04 Å². The molecule has 3 aliphatic rings. The number of nitrogens with one attached hydrogen (secondary N) is 1. The quantitative estimate of drug-likeness (QED) is 0.640. The number of nitrogens with zero attached hydrogens (tertiary/aromatic N) is 1. The van der Waals surface area contributed by atoms with Gasteiger partial charge in [-0.25, -0.2) is 4.79 Å². The lowest BCUT2D eigenvalue weighted by Crippen LogP contribution is -2.46. The van der Waals surface area contributed by atoms with Crippen LogP contribution in [0, 0.1) is 0 Å². The van der Waals surface area contributed by atoms with Crippen LogP contribution in [-0.2, 0) is 14.3 Å². The van der Waals surface area contributed by atoms with E-state index in [2.05, 4.69) is 11.4 Å². The minimum Gasteiger partial charge on any atom is -0.433 e.